The van der Waals surface area contributed by atoms with Gasteiger partial charge in [0.2, 0.25) is 5.91 Å². The van der Waals surface area contributed by atoms with Gasteiger partial charge in [0.05, 0.1) is 12.5 Å². The van der Waals surface area contributed by atoms with E-state index in [-0.39, 0.29) is 12.3 Å². The van der Waals surface area contributed by atoms with Crippen molar-refractivity contribution in [3.63, 3.8) is 0 Å². The maximum absolute atomic E-state index is 11.8. The minimum Gasteiger partial charge on any atom is -0.481 e. The number of amides is 1. The number of carbonyl (C=O) groups excluding carboxylic acids is 1. The number of aliphatic carboxylic acids is 1. The number of ether oxygens (including phenoxy) is 1. The molecular formula is C14H18BrNO4. The van der Waals surface area contributed by atoms with Crippen LogP contribution in [0.5, 0.6) is 0 Å². The summed E-state index contributed by atoms with van der Waals surface area (Å²) in [4.78, 5) is 22.7. The third-order valence-corrected chi connectivity index (χ3v) is 3.21. The van der Waals surface area contributed by atoms with Crippen LogP contribution in [-0.4, -0.2) is 30.7 Å². The smallest absolute Gasteiger partial charge is 0.305 e. The van der Waals surface area contributed by atoms with Crippen LogP contribution in [-0.2, 0) is 14.3 Å². The first-order valence-corrected chi connectivity index (χ1v) is 7.07. The van der Waals surface area contributed by atoms with Crippen LogP contribution in [0.2, 0.25) is 0 Å². The first-order chi connectivity index (χ1) is 9.52. The highest BCUT2D eigenvalue weighted by molar-refractivity contribution is 9.10. The van der Waals surface area contributed by atoms with E-state index in [2.05, 4.69) is 21.2 Å². The summed E-state index contributed by atoms with van der Waals surface area (Å²) in [5.41, 5.74) is 0.766. The zero-order chi connectivity index (χ0) is 15.0. The molecule has 6 heteroatoms. The molecule has 0 aliphatic heterocycles. The van der Waals surface area contributed by atoms with Crippen LogP contribution in [0.1, 0.15) is 30.9 Å². The molecule has 1 amide bonds. The third kappa shape index (κ3) is 6.16. The van der Waals surface area contributed by atoms with E-state index in [0.29, 0.717) is 19.4 Å². The number of methoxy groups -OCH3 is 1. The Hall–Kier alpha value is -1.40. The van der Waals surface area contributed by atoms with E-state index < -0.39 is 12.0 Å². The molecule has 0 saturated heterocycles. The molecule has 1 aromatic rings. The Kier molecular flexibility index (Phi) is 7.25. The van der Waals surface area contributed by atoms with E-state index in [1.807, 2.05) is 18.2 Å². The third-order valence-electron chi connectivity index (χ3n) is 2.72. The van der Waals surface area contributed by atoms with Gasteiger partial charge in [-0.15, -0.1) is 0 Å². The van der Waals surface area contributed by atoms with Gasteiger partial charge in [0.15, 0.2) is 0 Å². The van der Waals surface area contributed by atoms with Gasteiger partial charge in [-0.3, -0.25) is 9.59 Å². The zero-order valence-corrected chi connectivity index (χ0v) is 12.9. The van der Waals surface area contributed by atoms with Crippen LogP contribution in [0.4, 0.5) is 0 Å². The largest absolute Gasteiger partial charge is 0.481 e. The molecule has 0 bridgehead atoms. The summed E-state index contributed by atoms with van der Waals surface area (Å²) in [5.74, 6) is -1.12. The molecule has 110 valence electrons. The van der Waals surface area contributed by atoms with Crippen molar-refractivity contribution in [3.05, 3.63) is 34.3 Å². The van der Waals surface area contributed by atoms with Gasteiger partial charge < -0.3 is 15.2 Å². The molecule has 0 aliphatic rings. The lowest BCUT2D eigenvalue weighted by Crippen LogP contribution is -2.30. The van der Waals surface area contributed by atoms with E-state index in [0.717, 1.165) is 10.0 Å². The molecule has 0 radical (unpaired) electrons. The van der Waals surface area contributed by atoms with Gasteiger partial charge >= 0.3 is 5.97 Å². The molecule has 1 rings (SSSR count). The number of benzene rings is 1. The number of rotatable bonds is 8. The molecule has 1 aromatic carbocycles. The maximum atomic E-state index is 11.8. The lowest BCUT2D eigenvalue weighted by molar-refractivity contribution is -0.137. The van der Waals surface area contributed by atoms with Crippen LogP contribution < -0.4 is 5.32 Å². The van der Waals surface area contributed by atoms with E-state index in [1.54, 1.807) is 13.2 Å². The predicted octanol–water partition coefficient (Wildman–Crippen LogP) is 2.51. The molecule has 0 heterocycles. The van der Waals surface area contributed by atoms with Crippen LogP contribution in [0.15, 0.2) is 28.7 Å². The summed E-state index contributed by atoms with van der Waals surface area (Å²) in [6.45, 7) is 0.508. The average molecular weight is 344 g/mol. The monoisotopic (exact) mass is 343 g/mol. The average Bonchev–Trinajstić information content (AvgIpc) is 2.38. The number of halogens is 1. The summed E-state index contributed by atoms with van der Waals surface area (Å²) >= 11 is 3.34. The van der Waals surface area contributed by atoms with Crippen molar-refractivity contribution in [1.82, 2.24) is 5.32 Å². The minimum absolute atomic E-state index is 0.146. The summed E-state index contributed by atoms with van der Waals surface area (Å²) in [6.07, 6.45) is 0.783. The van der Waals surface area contributed by atoms with E-state index >= 15 is 0 Å². The summed E-state index contributed by atoms with van der Waals surface area (Å²) < 4.78 is 5.73. The SMILES string of the molecule is COCCCC(=O)NC(CC(=O)O)c1cccc(Br)c1. The lowest BCUT2D eigenvalue weighted by atomic mass is 10.0. The molecule has 20 heavy (non-hydrogen) atoms. The Morgan fingerprint density at radius 2 is 2.20 bits per heavy atom. The van der Waals surface area contributed by atoms with Gasteiger partial charge in [0.25, 0.3) is 0 Å². The molecule has 0 spiro atoms. The van der Waals surface area contributed by atoms with Crippen molar-refractivity contribution in [2.75, 3.05) is 13.7 Å². The second-order valence-corrected chi connectivity index (χ2v) is 5.28. The predicted molar refractivity (Wildman–Crippen MR) is 78.4 cm³/mol. The second-order valence-electron chi connectivity index (χ2n) is 4.37. The zero-order valence-electron chi connectivity index (χ0n) is 11.3. The van der Waals surface area contributed by atoms with Gasteiger partial charge in [-0.05, 0) is 24.1 Å². The summed E-state index contributed by atoms with van der Waals surface area (Å²) in [5, 5.41) is 11.7. The molecule has 0 saturated carbocycles. The fourth-order valence-corrected chi connectivity index (χ4v) is 2.21. The van der Waals surface area contributed by atoms with Crippen LogP contribution in [0.3, 0.4) is 0 Å². The fourth-order valence-electron chi connectivity index (χ4n) is 1.79. The van der Waals surface area contributed by atoms with Crippen LogP contribution in [0.25, 0.3) is 0 Å². The van der Waals surface area contributed by atoms with Crippen molar-refractivity contribution >= 4 is 27.8 Å². The van der Waals surface area contributed by atoms with Gasteiger partial charge in [0, 0.05) is 24.6 Å². The van der Waals surface area contributed by atoms with Gasteiger partial charge in [-0.1, -0.05) is 28.1 Å². The Labute approximate surface area is 126 Å². The normalized spacial score (nSPS) is 11.9. The number of nitrogens with one attached hydrogen (secondary N) is 1. The quantitative estimate of drug-likeness (QED) is 0.711. The number of carboxylic acids is 1. The van der Waals surface area contributed by atoms with Crippen molar-refractivity contribution < 1.29 is 19.4 Å². The van der Waals surface area contributed by atoms with Crippen LogP contribution >= 0.6 is 15.9 Å². The highest BCUT2D eigenvalue weighted by atomic mass is 79.9. The molecule has 0 aromatic heterocycles. The summed E-state index contributed by atoms with van der Waals surface area (Å²) in [6, 6.07) is 6.74. The van der Waals surface area contributed by atoms with Crippen molar-refractivity contribution in [3.8, 4) is 0 Å². The Balaban J connectivity index is 2.69. The lowest BCUT2D eigenvalue weighted by Gasteiger charge is -2.17. The van der Waals surface area contributed by atoms with Crippen molar-refractivity contribution in [2.24, 2.45) is 0 Å². The van der Waals surface area contributed by atoms with E-state index in [4.69, 9.17) is 9.84 Å². The highest BCUT2D eigenvalue weighted by Gasteiger charge is 2.18. The molecule has 0 aliphatic carbocycles. The number of hydrogen-bond donors (Lipinski definition) is 2. The molecule has 1 unspecified atom stereocenters. The van der Waals surface area contributed by atoms with E-state index in [1.165, 1.54) is 0 Å². The Morgan fingerprint density at radius 1 is 1.45 bits per heavy atom. The topological polar surface area (TPSA) is 75.6 Å². The van der Waals surface area contributed by atoms with Gasteiger partial charge in [-0.25, -0.2) is 0 Å². The molecular weight excluding hydrogens is 326 g/mol. The van der Waals surface area contributed by atoms with Gasteiger partial charge in [0.1, 0.15) is 0 Å². The molecule has 5 nitrogen and oxygen atoms in total. The molecule has 1 atom stereocenters. The number of hydrogen-bond acceptors (Lipinski definition) is 3. The standard InChI is InChI=1S/C14H18BrNO4/c1-20-7-3-6-13(17)16-12(9-14(18)19)10-4-2-5-11(15)8-10/h2,4-5,8,12H,3,6-7,9H2,1H3,(H,16,17)(H,18,19). The maximum Gasteiger partial charge on any atom is 0.305 e. The first kappa shape index (κ1) is 16.7. The van der Waals surface area contributed by atoms with Crippen LogP contribution in [0, 0.1) is 0 Å². The van der Waals surface area contributed by atoms with Gasteiger partial charge in [-0.2, -0.15) is 0 Å². The fraction of sp³-hybridized carbons (Fsp3) is 0.429. The summed E-state index contributed by atoms with van der Waals surface area (Å²) in [7, 11) is 1.58. The van der Waals surface area contributed by atoms with Crippen molar-refractivity contribution in [1.29, 1.82) is 0 Å². The Morgan fingerprint density at radius 3 is 2.80 bits per heavy atom. The first-order valence-electron chi connectivity index (χ1n) is 6.28. The number of carbonyl (C=O) groups is 2. The number of carboxylic acid groups (broad SMARTS) is 1. The van der Waals surface area contributed by atoms with E-state index in [9.17, 15) is 9.59 Å². The molecule has 2 N–H and O–H groups in total. The van der Waals surface area contributed by atoms with Crippen molar-refractivity contribution in [2.45, 2.75) is 25.3 Å². The highest BCUT2D eigenvalue weighted by Crippen LogP contribution is 2.21. The minimum atomic E-state index is -0.952. The molecule has 0 fully saturated rings. The second kappa shape index (κ2) is 8.71. The Bertz CT molecular complexity index is 464.